The minimum absolute atomic E-state index is 0.207. The molecule has 0 saturated carbocycles. The van der Waals surface area contributed by atoms with E-state index in [4.69, 9.17) is 4.74 Å². The van der Waals surface area contributed by atoms with Gasteiger partial charge < -0.3 is 19.6 Å². The topological polar surface area (TPSA) is 89.8 Å². The number of H-pyrrole nitrogens is 1. The Morgan fingerprint density at radius 1 is 1.06 bits per heavy atom. The van der Waals surface area contributed by atoms with E-state index in [0.29, 0.717) is 17.1 Å². The van der Waals surface area contributed by atoms with E-state index in [2.05, 4.69) is 20.3 Å². The van der Waals surface area contributed by atoms with E-state index < -0.39 is 0 Å². The smallest absolute Gasteiger partial charge is 0.331 e. The molecule has 0 unspecified atom stereocenters. The molecule has 154 valence electrons. The zero-order valence-corrected chi connectivity index (χ0v) is 17.0. The van der Waals surface area contributed by atoms with Crippen molar-refractivity contribution in [1.82, 2.24) is 24.1 Å². The van der Waals surface area contributed by atoms with Crippen LogP contribution in [-0.2, 0) is 0 Å². The van der Waals surface area contributed by atoms with Crippen LogP contribution in [0, 0.1) is 6.92 Å². The van der Waals surface area contributed by atoms with Crippen molar-refractivity contribution in [2.24, 2.45) is 0 Å². The average molecular weight is 412 g/mol. The maximum Gasteiger partial charge on any atom is 0.331 e. The summed E-state index contributed by atoms with van der Waals surface area (Å²) in [5.74, 6) is 1.32. The largest absolute Gasteiger partial charge is 0.494 e. The van der Waals surface area contributed by atoms with Crippen LogP contribution in [0.1, 0.15) is 5.69 Å². The third-order valence-corrected chi connectivity index (χ3v) is 5.02. The van der Waals surface area contributed by atoms with Crippen molar-refractivity contribution < 1.29 is 4.74 Å². The van der Waals surface area contributed by atoms with E-state index in [1.165, 1.54) is 0 Å². The van der Waals surface area contributed by atoms with Gasteiger partial charge in [-0.05, 0) is 31.2 Å². The predicted molar refractivity (Wildman–Crippen MR) is 120 cm³/mol. The molecule has 3 heterocycles. The van der Waals surface area contributed by atoms with Gasteiger partial charge in [-0.15, -0.1) is 0 Å². The first kappa shape index (κ1) is 18.7. The Hall–Kier alpha value is -4.33. The summed E-state index contributed by atoms with van der Waals surface area (Å²) in [5, 5.41) is 3.30. The molecule has 5 rings (SSSR count). The molecule has 0 atom stereocenters. The lowest BCUT2D eigenvalue weighted by Gasteiger charge is -2.12. The highest BCUT2D eigenvalue weighted by Gasteiger charge is 2.12. The molecule has 5 aromatic rings. The molecule has 0 fully saturated rings. The van der Waals surface area contributed by atoms with Crippen molar-refractivity contribution in [3.63, 3.8) is 0 Å². The van der Waals surface area contributed by atoms with Crippen LogP contribution in [0.4, 0.5) is 11.5 Å². The number of nitrogens with zero attached hydrogens (tertiary/aromatic N) is 4. The third kappa shape index (κ3) is 3.44. The lowest BCUT2D eigenvalue weighted by Crippen LogP contribution is -2.14. The normalized spacial score (nSPS) is 11.0. The van der Waals surface area contributed by atoms with Gasteiger partial charge in [0.25, 0.3) is 0 Å². The first-order valence-corrected chi connectivity index (χ1v) is 9.74. The van der Waals surface area contributed by atoms with E-state index in [1.54, 1.807) is 24.2 Å². The highest BCUT2D eigenvalue weighted by Crippen LogP contribution is 2.29. The van der Waals surface area contributed by atoms with Crippen LogP contribution in [-0.4, -0.2) is 31.2 Å². The molecule has 0 bridgehead atoms. The molecule has 3 aromatic heterocycles. The summed E-state index contributed by atoms with van der Waals surface area (Å²) in [6.07, 6.45) is 5.35. The Bertz CT molecular complexity index is 1430. The van der Waals surface area contributed by atoms with E-state index in [-0.39, 0.29) is 5.69 Å². The maximum atomic E-state index is 12.5. The summed E-state index contributed by atoms with van der Waals surface area (Å²) in [6.45, 7) is 1.94. The van der Waals surface area contributed by atoms with Crippen LogP contribution in [0.15, 0.2) is 78.1 Å². The molecule has 0 aliphatic rings. The zero-order valence-electron chi connectivity index (χ0n) is 17.0. The van der Waals surface area contributed by atoms with Crippen LogP contribution >= 0.6 is 0 Å². The van der Waals surface area contributed by atoms with E-state index in [0.717, 1.165) is 28.3 Å². The van der Waals surface area contributed by atoms with Gasteiger partial charge in [0.2, 0.25) is 0 Å². The Balaban J connectivity index is 1.51. The predicted octanol–water partition coefficient (Wildman–Crippen LogP) is 3.96. The number of rotatable bonds is 5. The fourth-order valence-corrected chi connectivity index (χ4v) is 3.58. The number of para-hydroxylation sites is 1. The van der Waals surface area contributed by atoms with Gasteiger partial charge in [0.15, 0.2) is 0 Å². The Morgan fingerprint density at radius 2 is 1.90 bits per heavy atom. The first-order valence-electron chi connectivity index (χ1n) is 9.74. The molecular formula is C23H20N6O2. The number of aryl methyl sites for hydroxylation is 1. The summed E-state index contributed by atoms with van der Waals surface area (Å²) < 4.78 is 9.13. The van der Waals surface area contributed by atoms with Gasteiger partial charge in [0, 0.05) is 24.0 Å². The minimum Gasteiger partial charge on any atom is -0.494 e. The number of ether oxygens (including phenoxy) is 1. The molecule has 2 aromatic carbocycles. The number of anilines is 2. The Morgan fingerprint density at radius 3 is 2.65 bits per heavy atom. The van der Waals surface area contributed by atoms with Crippen LogP contribution < -0.4 is 15.7 Å². The molecule has 2 N–H and O–H groups in total. The number of imidazole rings is 2. The van der Waals surface area contributed by atoms with Gasteiger partial charge in [-0.1, -0.05) is 18.2 Å². The Kier molecular flexibility index (Phi) is 4.51. The van der Waals surface area contributed by atoms with E-state index in [1.807, 2.05) is 72.3 Å². The summed E-state index contributed by atoms with van der Waals surface area (Å²) in [5.41, 5.74) is 4.63. The van der Waals surface area contributed by atoms with E-state index in [9.17, 15) is 4.79 Å². The molecule has 0 aliphatic carbocycles. The highest BCUT2D eigenvalue weighted by atomic mass is 16.5. The fraction of sp³-hybridized carbons (Fsp3) is 0.0870. The lowest BCUT2D eigenvalue weighted by atomic mass is 10.2. The monoisotopic (exact) mass is 412 g/mol. The number of hydrogen-bond donors (Lipinski definition) is 2. The Labute approximate surface area is 177 Å². The molecule has 0 aliphatic heterocycles. The molecule has 0 amide bonds. The summed E-state index contributed by atoms with van der Waals surface area (Å²) in [6, 6.07) is 17.1. The quantitative estimate of drug-likeness (QED) is 0.456. The maximum absolute atomic E-state index is 12.5. The van der Waals surface area contributed by atoms with E-state index >= 15 is 0 Å². The van der Waals surface area contributed by atoms with Crippen LogP contribution in [0.3, 0.4) is 0 Å². The number of pyridine rings is 1. The first-order chi connectivity index (χ1) is 15.1. The highest BCUT2D eigenvalue weighted by molar-refractivity contribution is 5.80. The second-order valence-corrected chi connectivity index (χ2v) is 7.12. The minimum atomic E-state index is -0.207. The number of nitrogens with one attached hydrogen (secondary N) is 2. The molecule has 0 spiro atoms. The van der Waals surface area contributed by atoms with Gasteiger partial charge in [-0.2, -0.15) is 0 Å². The van der Waals surface area contributed by atoms with Crippen LogP contribution in [0.5, 0.6) is 5.75 Å². The van der Waals surface area contributed by atoms with Gasteiger partial charge >= 0.3 is 5.69 Å². The molecule has 8 nitrogen and oxygen atoms in total. The molecular weight excluding hydrogens is 392 g/mol. The van der Waals surface area contributed by atoms with Crippen LogP contribution in [0.25, 0.3) is 22.4 Å². The number of hydrogen-bond acceptors (Lipinski definition) is 5. The molecule has 0 radical (unpaired) electrons. The van der Waals surface area contributed by atoms with Crippen molar-refractivity contribution in [2.75, 3.05) is 12.4 Å². The van der Waals surface area contributed by atoms with Gasteiger partial charge in [-0.3, -0.25) is 4.57 Å². The van der Waals surface area contributed by atoms with Crippen molar-refractivity contribution in [3.8, 4) is 17.1 Å². The summed E-state index contributed by atoms with van der Waals surface area (Å²) >= 11 is 0. The number of methoxy groups -OCH3 is 1. The van der Waals surface area contributed by atoms with Crippen molar-refractivity contribution in [2.45, 2.75) is 6.92 Å². The standard InChI is InChI=1S/C23H20N6O2/c1-15-13-28(14-25-15)19-9-8-16(10-21(19)31-2)26-22-11-20-18(12-24-22)27-23(30)29(20)17-6-4-3-5-7-17/h3-14H,1-2H3,(H,24,26)(H,27,30). The summed E-state index contributed by atoms with van der Waals surface area (Å²) in [7, 11) is 1.63. The van der Waals surface area contributed by atoms with Crippen molar-refractivity contribution in [1.29, 1.82) is 0 Å². The van der Waals surface area contributed by atoms with Crippen molar-refractivity contribution >= 4 is 22.5 Å². The third-order valence-electron chi connectivity index (χ3n) is 5.02. The fourth-order valence-electron chi connectivity index (χ4n) is 3.58. The average Bonchev–Trinajstić information content (AvgIpc) is 3.36. The van der Waals surface area contributed by atoms with Crippen molar-refractivity contribution in [3.05, 3.63) is 89.5 Å². The number of fused-ring (bicyclic) bond motifs is 1. The SMILES string of the molecule is COc1cc(Nc2cc3c(cn2)[nH]c(=O)n3-c2ccccc2)ccc1-n1cnc(C)c1. The molecule has 8 heteroatoms. The molecule has 31 heavy (non-hydrogen) atoms. The molecule has 0 saturated heterocycles. The van der Waals surface area contributed by atoms with Gasteiger partial charge in [0.05, 0.1) is 47.7 Å². The lowest BCUT2D eigenvalue weighted by molar-refractivity contribution is 0.413. The summed E-state index contributed by atoms with van der Waals surface area (Å²) in [4.78, 5) is 24.1. The number of aromatic amines is 1. The number of aromatic nitrogens is 5. The second-order valence-electron chi connectivity index (χ2n) is 7.12. The second kappa shape index (κ2) is 7.49. The van der Waals surface area contributed by atoms with Gasteiger partial charge in [-0.25, -0.2) is 14.8 Å². The zero-order chi connectivity index (χ0) is 21.4. The number of benzene rings is 2. The van der Waals surface area contributed by atoms with Gasteiger partial charge in [0.1, 0.15) is 11.6 Å². The van der Waals surface area contributed by atoms with Crippen LogP contribution in [0.2, 0.25) is 0 Å².